The number of hydrogen-bond acceptors (Lipinski definition) is 1. The minimum absolute atomic E-state index is 0.0543. The largest absolute Gasteiger partial charge is 0.315 e. The van der Waals surface area contributed by atoms with Crippen molar-refractivity contribution in [1.82, 2.24) is 0 Å². The molecule has 0 atom stereocenters. The van der Waals surface area contributed by atoms with Crippen molar-refractivity contribution in [2.75, 3.05) is 11.9 Å². The van der Waals surface area contributed by atoms with Crippen molar-refractivity contribution >= 4 is 23.7 Å². The first-order valence-electron chi connectivity index (χ1n) is 3.39. The zero-order valence-electron chi connectivity index (χ0n) is 6.72. The van der Waals surface area contributed by atoms with Crippen molar-refractivity contribution in [3.05, 3.63) is 28.8 Å². The molecule has 0 saturated carbocycles. The van der Waals surface area contributed by atoms with Gasteiger partial charge in [-0.05, 0) is 6.07 Å². The lowest BCUT2D eigenvalue weighted by Gasteiger charge is -2.11. The molecule has 0 spiro atoms. The molecular formula is C8H6ClF2NO. The summed E-state index contributed by atoms with van der Waals surface area (Å²) in [7, 11) is 1.35. The standard InChI is InChI=1S/C8H6ClF2NO/c1-12(4-13)8-2-5(9)6(10)3-7(8)11/h2-4H,1H3. The molecule has 0 aliphatic carbocycles. The summed E-state index contributed by atoms with van der Waals surface area (Å²) in [6, 6.07) is 1.69. The Bertz CT molecular complexity index is 343. The second kappa shape index (κ2) is 3.70. The van der Waals surface area contributed by atoms with Crippen LogP contribution in [0.4, 0.5) is 14.5 Å². The van der Waals surface area contributed by atoms with Gasteiger partial charge in [-0.3, -0.25) is 4.79 Å². The van der Waals surface area contributed by atoms with Gasteiger partial charge in [0.05, 0.1) is 10.7 Å². The number of nitrogens with zero attached hydrogens (tertiary/aromatic N) is 1. The van der Waals surface area contributed by atoms with E-state index in [4.69, 9.17) is 11.6 Å². The van der Waals surface area contributed by atoms with Crippen LogP contribution in [0, 0.1) is 11.6 Å². The monoisotopic (exact) mass is 205 g/mol. The van der Waals surface area contributed by atoms with Gasteiger partial charge in [0.25, 0.3) is 0 Å². The van der Waals surface area contributed by atoms with E-state index in [-0.39, 0.29) is 10.7 Å². The number of rotatable bonds is 2. The highest BCUT2D eigenvalue weighted by Crippen LogP contribution is 2.24. The van der Waals surface area contributed by atoms with Crippen LogP contribution in [0.25, 0.3) is 0 Å². The molecule has 1 amide bonds. The van der Waals surface area contributed by atoms with Crippen LogP contribution in [-0.2, 0) is 4.79 Å². The van der Waals surface area contributed by atoms with Crippen LogP contribution < -0.4 is 4.90 Å². The second-order valence-electron chi connectivity index (χ2n) is 2.43. The van der Waals surface area contributed by atoms with Gasteiger partial charge in [0.2, 0.25) is 6.41 Å². The van der Waals surface area contributed by atoms with Crippen LogP contribution in [0.1, 0.15) is 0 Å². The third kappa shape index (κ3) is 1.95. The number of halogens is 3. The first-order chi connectivity index (χ1) is 6.06. The number of carbonyl (C=O) groups is 1. The van der Waals surface area contributed by atoms with Gasteiger partial charge in [-0.15, -0.1) is 0 Å². The van der Waals surface area contributed by atoms with Crippen molar-refractivity contribution in [3.8, 4) is 0 Å². The predicted octanol–water partition coefficient (Wildman–Crippen LogP) is 2.21. The molecule has 0 heterocycles. The molecule has 0 fully saturated rings. The molecule has 13 heavy (non-hydrogen) atoms. The fourth-order valence-electron chi connectivity index (χ4n) is 0.839. The highest BCUT2D eigenvalue weighted by Gasteiger charge is 2.11. The van der Waals surface area contributed by atoms with Gasteiger partial charge in [0.15, 0.2) is 0 Å². The molecule has 70 valence electrons. The summed E-state index contributed by atoms with van der Waals surface area (Å²) >= 11 is 5.40. The van der Waals surface area contributed by atoms with Gasteiger partial charge in [-0.2, -0.15) is 0 Å². The predicted molar refractivity (Wildman–Crippen MR) is 45.8 cm³/mol. The molecule has 1 aromatic carbocycles. The van der Waals surface area contributed by atoms with Crippen molar-refractivity contribution in [2.24, 2.45) is 0 Å². The molecule has 0 radical (unpaired) electrons. The van der Waals surface area contributed by atoms with Gasteiger partial charge in [0.1, 0.15) is 11.6 Å². The van der Waals surface area contributed by atoms with Crippen LogP contribution >= 0.6 is 11.6 Å². The smallest absolute Gasteiger partial charge is 0.213 e. The lowest BCUT2D eigenvalue weighted by Crippen LogP contribution is -2.15. The fraction of sp³-hybridized carbons (Fsp3) is 0.125. The average Bonchev–Trinajstić information content (AvgIpc) is 2.10. The topological polar surface area (TPSA) is 20.3 Å². The van der Waals surface area contributed by atoms with Crippen LogP contribution in [0.3, 0.4) is 0 Å². The normalized spacial score (nSPS) is 9.85. The Labute approximate surface area is 78.7 Å². The van der Waals surface area contributed by atoms with E-state index >= 15 is 0 Å². The second-order valence-corrected chi connectivity index (χ2v) is 2.84. The molecule has 0 saturated heterocycles. The summed E-state index contributed by atoms with van der Waals surface area (Å²) in [5.41, 5.74) is -0.0543. The van der Waals surface area contributed by atoms with Crippen LogP contribution in [0.15, 0.2) is 12.1 Å². The lowest BCUT2D eigenvalue weighted by molar-refractivity contribution is -0.107. The number of carbonyl (C=O) groups excluding carboxylic acids is 1. The van der Waals surface area contributed by atoms with Crippen LogP contribution in [0.2, 0.25) is 5.02 Å². The van der Waals surface area contributed by atoms with E-state index in [9.17, 15) is 13.6 Å². The van der Waals surface area contributed by atoms with Crippen molar-refractivity contribution in [3.63, 3.8) is 0 Å². The maximum atomic E-state index is 13.0. The van der Waals surface area contributed by atoms with Crippen molar-refractivity contribution in [2.45, 2.75) is 0 Å². The molecule has 1 rings (SSSR count). The number of hydrogen-bond donors (Lipinski definition) is 0. The third-order valence-corrected chi connectivity index (χ3v) is 1.82. The molecule has 5 heteroatoms. The van der Waals surface area contributed by atoms with E-state index in [1.54, 1.807) is 0 Å². The van der Waals surface area contributed by atoms with E-state index < -0.39 is 11.6 Å². The maximum absolute atomic E-state index is 13.0. The summed E-state index contributed by atoms with van der Waals surface area (Å²) in [5.74, 6) is -1.67. The Balaban J connectivity index is 3.22. The number of benzene rings is 1. The van der Waals surface area contributed by atoms with E-state index in [0.717, 1.165) is 11.0 Å². The number of amides is 1. The molecule has 0 bridgehead atoms. The SMILES string of the molecule is CN(C=O)c1cc(Cl)c(F)cc1F. The Morgan fingerprint density at radius 3 is 2.54 bits per heavy atom. The summed E-state index contributed by atoms with van der Waals surface area (Å²) < 4.78 is 25.6. The third-order valence-electron chi connectivity index (χ3n) is 1.53. The summed E-state index contributed by atoms with van der Waals surface area (Å²) in [6.45, 7) is 0. The minimum atomic E-state index is -0.845. The number of anilines is 1. The summed E-state index contributed by atoms with van der Waals surface area (Å²) in [4.78, 5) is 11.2. The zero-order chi connectivity index (χ0) is 10.0. The van der Waals surface area contributed by atoms with Crippen LogP contribution in [0.5, 0.6) is 0 Å². The van der Waals surface area contributed by atoms with Gasteiger partial charge < -0.3 is 4.90 Å². The van der Waals surface area contributed by atoms with Gasteiger partial charge >= 0.3 is 0 Å². The Morgan fingerprint density at radius 1 is 1.38 bits per heavy atom. The molecular weight excluding hydrogens is 200 g/mol. The van der Waals surface area contributed by atoms with Gasteiger partial charge in [-0.1, -0.05) is 11.6 Å². The van der Waals surface area contributed by atoms with Crippen LogP contribution in [-0.4, -0.2) is 13.5 Å². The summed E-state index contributed by atoms with van der Waals surface area (Å²) in [5, 5.41) is -0.217. The highest BCUT2D eigenvalue weighted by atomic mass is 35.5. The van der Waals surface area contributed by atoms with Crippen molar-refractivity contribution in [1.29, 1.82) is 0 Å². The maximum Gasteiger partial charge on any atom is 0.213 e. The van der Waals surface area contributed by atoms with Gasteiger partial charge in [-0.25, -0.2) is 8.78 Å². The Kier molecular flexibility index (Phi) is 2.83. The Hall–Kier alpha value is -1.16. The Morgan fingerprint density at radius 2 is 2.00 bits per heavy atom. The van der Waals surface area contributed by atoms with E-state index in [1.165, 1.54) is 7.05 Å². The average molecular weight is 206 g/mol. The first kappa shape index (κ1) is 9.92. The van der Waals surface area contributed by atoms with E-state index in [2.05, 4.69) is 0 Å². The quantitative estimate of drug-likeness (QED) is 0.536. The minimum Gasteiger partial charge on any atom is -0.315 e. The first-order valence-corrected chi connectivity index (χ1v) is 3.76. The highest BCUT2D eigenvalue weighted by molar-refractivity contribution is 6.31. The molecule has 2 nitrogen and oxygen atoms in total. The van der Waals surface area contributed by atoms with E-state index in [1.807, 2.05) is 0 Å². The molecule has 0 unspecified atom stereocenters. The van der Waals surface area contributed by atoms with E-state index in [0.29, 0.717) is 12.5 Å². The molecule has 0 aromatic heterocycles. The molecule has 0 aliphatic heterocycles. The summed E-state index contributed by atoms with van der Waals surface area (Å²) in [6.07, 6.45) is 0.409. The van der Waals surface area contributed by atoms with Crippen molar-refractivity contribution < 1.29 is 13.6 Å². The zero-order valence-corrected chi connectivity index (χ0v) is 7.48. The molecule has 0 aliphatic rings. The molecule has 1 aromatic rings. The van der Waals surface area contributed by atoms with Gasteiger partial charge in [0, 0.05) is 13.1 Å². The molecule has 0 N–H and O–H groups in total. The lowest BCUT2D eigenvalue weighted by atomic mass is 10.3. The fourth-order valence-corrected chi connectivity index (χ4v) is 0.997.